The number of nitrogens with zero attached hydrogens (tertiary/aromatic N) is 3. The lowest BCUT2D eigenvalue weighted by Crippen LogP contribution is -2.48. The quantitative estimate of drug-likeness (QED) is 0.812. The SMILES string of the molecule is CCCOc1cccc(C(=O)N2CCN(Cc3ccncc3)CC2)c1. The fourth-order valence-electron chi connectivity index (χ4n) is 2.98. The lowest BCUT2D eigenvalue weighted by molar-refractivity contribution is 0.0628. The van der Waals surface area contributed by atoms with E-state index in [0.717, 1.165) is 44.9 Å². The molecule has 0 unspecified atom stereocenters. The van der Waals surface area contributed by atoms with Crippen molar-refractivity contribution in [1.82, 2.24) is 14.8 Å². The second-order valence-corrected chi connectivity index (χ2v) is 6.30. The number of ether oxygens (including phenoxy) is 1. The first-order chi connectivity index (χ1) is 12.3. The second-order valence-electron chi connectivity index (χ2n) is 6.30. The Balaban J connectivity index is 1.54. The fourth-order valence-corrected chi connectivity index (χ4v) is 2.98. The molecule has 1 saturated heterocycles. The summed E-state index contributed by atoms with van der Waals surface area (Å²) in [4.78, 5) is 21.1. The van der Waals surface area contributed by atoms with E-state index in [1.807, 2.05) is 53.7 Å². The van der Waals surface area contributed by atoms with Crippen molar-refractivity contribution in [3.63, 3.8) is 0 Å². The number of aromatic nitrogens is 1. The van der Waals surface area contributed by atoms with Gasteiger partial charge >= 0.3 is 0 Å². The highest BCUT2D eigenvalue weighted by Gasteiger charge is 2.22. The van der Waals surface area contributed by atoms with Crippen molar-refractivity contribution >= 4 is 5.91 Å². The van der Waals surface area contributed by atoms with Crippen LogP contribution in [0.5, 0.6) is 5.75 Å². The van der Waals surface area contributed by atoms with Gasteiger partial charge in [0.15, 0.2) is 0 Å². The van der Waals surface area contributed by atoms with Crippen LogP contribution in [0.25, 0.3) is 0 Å². The molecule has 1 aliphatic heterocycles. The largest absolute Gasteiger partial charge is 0.494 e. The van der Waals surface area contributed by atoms with Crippen LogP contribution in [0.1, 0.15) is 29.3 Å². The van der Waals surface area contributed by atoms with Gasteiger partial charge in [0.05, 0.1) is 6.61 Å². The van der Waals surface area contributed by atoms with Crippen LogP contribution in [-0.2, 0) is 6.54 Å². The normalized spacial score (nSPS) is 15.2. The van der Waals surface area contributed by atoms with Crippen molar-refractivity contribution < 1.29 is 9.53 Å². The summed E-state index contributed by atoms with van der Waals surface area (Å²) in [7, 11) is 0. The summed E-state index contributed by atoms with van der Waals surface area (Å²) >= 11 is 0. The Bertz CT molecular complexity index is 682. The molecule has 0 saturated carbocycles. The minimum atomic E-state index is 0.0884. The number of piperazine rings is 1. The van der Waals surface area contributed by atoms with E-state index in [4.69, 9.17) is 4.74 Å². The Hall–Kier alpha value is -2.40. The molecule has 3 rings (SSSR count). The molecule has 132 valence electrons. The molecule has 1 aromatic heterocycles. The Morgan fingerprint density at radius 2 is 1.88 bits per heavy atom. The van der Waals surface area contributed by atoms with Gasteiger partial charge < -0.3 is 9.64 Å². The molecule has 1 aliphatic rings. The molecular formula is C20H25N3O2. The standard InChI is InChI=1S/C20H25N3O2/c1-2-14-25-19-5-3-4-18(15-19)20(24)23-12-10-22(11-13-23)16-17-6-8-21-9-7-17/h3-9,15H,2,10-14,16H2,1H3. The van der Waals surface area contributed by atoms with Crippen molar-refractivity contribution in [2.75, 3.05) is 32.8 Å². The average Bonchev–Trinajstić information content (AvgIpc) is 2.67. The predicted octanol–water partition coefficient (Wildman–Crippen LogP) is 2.83. The molecule has 0 N–H and O–H groups in total. The number of benzene rings is 1. The van der Waals surface area contributed by atoms with E-state index < -0.39 is 0 Å². The minimum Gasteiger partial charge on any atom is -0.494 e. The minimum absolute atomic E-state index is 0.0884. The van der Waals surface area contributed by atoms with Crippen LogP contribution >= 0.6 is 0 Å². The molecule has 2 heterocycles. The third-order valence-corrected chi connectivity index (χ3v) is 4.37. The fraction of sp³-hybridized carbons (Fsp3) is 0.400. The Kier molecular flexibility index (Phi) is 6.01. The van der Waals surface area contributed by atoms with Gasteiger partial charge in [-0.2, -0.15) is 0 Å². The third-order valence-electron chi connectivity index (χ3n) is 4.37. The van der Waals surface area contributed by atoms with Crippen LogP contribution in [0.2, 0.25) is 0 Å². The molecule has 5 heteroatoms. The van der Waals surface area contributed by atoms with E-state index in [1.54, 1.807) is 0 Å². The van der Waals surface area contributed by atoms with Crippen LogP contribution in [0.3, 0.4) is 0 Å². The Morgan fingerprint density at radius 1 is 1.12 bits per heavy atom. The molecule has 0 spiro atoms. The van der Waals surface area contributed by atoms with Crippen molar-refractivity contribution in [3.05, 3.63) is 59.9 Å². The average molecular weight is 339 g/mol. The zero-order chi connectivity index (χ0) is 17.5. The molecule has 5 nitrogen and oxygen atoms in total. The van der Waals surface area contributed by atoms with Gasteiger partial charge in [-0.3, -0.25) is 14.7 Å². The van der Waals surface area contributed by atoms with Gasteiger partial charge in [-0.15, -0.1) is 0 Å². The lowest BCUT2D eigenvalue weighted by atomic mass is 10.1. The molecule has 1 aromatic carbocycles. The molecular weight excluding hydrogens is 314 g/mol. The summed E-state index contributed by atoms with van der Waals surface area (Å²) < 4.78 is 5.63. The molecule has 0 atom stereocenters. The Labute approximate surface area is 149 Å². The number of hydrogen-bond acceptors (Lipinski definition) is 4. The van der Waals surface area contributed by atoms with Gasteiger partial charge in [-0.1, -0.05) is 13.0 Å². The van der Waals surface area contributed by atoms with Crippen LogP contribution in [0.15, 0.2) is 48.8 Å². The predicted molar refractivity (Wildman–Crippen MR) is 97.6 cm³/mol. The van der Waals surface area contributed by atoms with Gasteiger partial charge in [0.2, 0.25) is 0 Å². The van der Waals surface area contributed by atoms with Crippen molar-refractivity contribution in [2.24, 2.45) is 0 Å². The van der Waals surface area contributed by atoms with Crippen molar-refractivity contribution in [2.45, 2.75) is 19.9 Å². The van der Waals surface area contributed by atoms with Gasteiger partial charge in [0.25, 0.3) is 5.91 Å². The number of carbonyl (C=O) groups excluding carboxylic acids is 1. The van der Waals surface area contributed by atoms with Crippen LogP contribution in [0.4, 0.5) is 0 Å². The van der Waals surface area contributed by atoms with Crippen molar-refractivity contribution in [1.29, 1.82) is 0 Å². The van der Waals surface area contributed by atoms with E-state index in [0.29, 0.717) is 12.2 Å². The summed E-state index contributed by atoms with van der Waals surface area (Å²) in [6, 6.07) is 11.6. The highest BCUT2D eigenvalue weighted by atomic mass is 16.5. The van der Waals surface area contributed by atoms with E-state index >= 15 is 0 Å². The van der Waals surface area contributed by atoms with E-state index in [9.17, 15) is 4.79 Å². The van der Waals surface area contributed by atoms with Crippen LogP contribution in [-0.4, -0.2) is 53.5 Å². The highest BCUT2D eigenvalue weighted by molar-refractivity contribution is 5.94. The van der Waals surface area contributed by atoms with E-state index in [2.05, 4.69) is 16.8 Å². The maximum Gasteiger partial charge on any atom is 0.254 e. The van der Waals surface area contributed by atoms with Crippen molar-refractivity contribution in [3.8, 4) is 5.75 Å². The molecule has 0 radical (unpaired) electrons. The number of carbonyl (C=O) groups is 1. The van der Waals surface area contributed by atoms with E-state index in [1.165, 1.54) is 5.56 Å². The zero-order valence-electron chi connectivity index (χ0n) is 14.7. The maximum atomic E-state index is 12.7. The topological polar surface area (TPSA) is 45.7 Å². The lowest BCUT2D eigenvalue weighted by Gasteiger charge is -2.34. The first kappa shape index (κ1) is 17.4. The molecule has 0 aliphatic carbocycles. The molecule has 2 aromatic rings. The van der Waals surface area contributed by atoms with E-state index in [-0.39, 0.29) is 5.91 Å². The van der Waals surface area contributed by atoms with Gasteiger partial charge in [-0.25, -0.2) is 0 Å². The first-order valence-electron chi connectivity index (χ1n) is 8.89. The Morgan fingerprint density at radius 3 is 2.60 bits per heavy atom. The van der Waals surface area contributed by atoms with Gasteiger partial charge in [-0.05, 0) is 42.3 Å². The van der Waals surface area contributed by atoms with Gasteiger partial charge in [0, 0.05) is 50.7 Å². The monoisotopic (exact) mass is 339 g/mol. The van der Waals surface area contributed by atoms with Gasteiger partial charge in [0.1, 0.15) is 5.75 Å². The molecule has 1 amide bonds. The number of rotatable bonds is 6. The number of amides is 1. The summed E-state index contributed by atoms with van der Waals surface area (Å²) in [6.45, 7) is 6.94. The number of pyridine rings is 1. The zero-order valence-corrected chi connectivity index (χ0v) is 14.7. The van der Waals surface area contributed by atoms with Crippen LogP contribution in [0, 0.1) is 0 Å². The number of hydrogen-bond donors (Lipinski definition) is 0. The molecule has 0 bridgehead atoms. The summed E-state index contributed by atoms with van der Waals surface area (Å²) in [5, 5.41) is 0. The maximum absolute atomic E-state index is 12.7. The second kappa shape index (κ2) is 8.62. The smallest absolute Gasteiger partial charge is 0.254 e. The highest BCUT2D eigenvalue weighted by Crippen LogP contribution is 2.17. The molecule has 25 heavy (non-hydrogen) atoms. The first-order valence-corrected chi connectivity index (χ1v) is 8.89. The summed E-state index contributed by atoms with van der Waals surface area (Å²) in [5.41, 5.74) is 1.96. The summed E-state index contributed by atoms with van der Waals surface area (Å²) in [6.07, 6.45) is 4.60. The van der Waals surface area contributed by atoms with Crippen LogP contribution < -0.4 is 4.74 Å². The summed E-state index contributed by atoms with van der Waals surface area (Å²) in [5.74, 6) is 0.856. The third kappa shape index (κ3) is 4.79. The molecule has 1 fully saturated rings.